The molecule has 1 heterocycles. The first-order chi connectivity index (χ1) is 14.6. The zero-order chi connectivity index (χ0) is 20.9. The van der Waals surface area contributed by atoms with Gasteiger partial charge in [-0.3, -0.25) is 9.59 Å². The Bertz CT molecular complexity index is 893. The van der Waals surface area contributed by atoms with Crippen molar-refractivity contribution >= 4 is 11.7 Å². The third kappa shape index (κ3) is 5.17. The molecule has 1 aliphatic carbocycles. The number of Topliss-reactive ketones (excluding diaryl/α,β-unsaturated/α-hetero) is 1. The predicted octanol–water partition coefficient (Wildman–Crippen LogP) is 3.96. The highest BCUT2D eigenvalue weighted by Gasteiger charge is 2.31. The van der Waals surface area contributed by atoms with Gasteiger partial charge in [-0.05, 0) is 67.2 Å². The minimum atomic E-state index is -0.415. The van der Waals surface area contributed by atoms with Gasteiger partial charge in [0.1, 0.15) is 0 Å². The average Bonchev–Trinajstić information content (AvgIpc) is 3.41. The van der Waals surface area contributed by atoms with Crippen LogP contribution in [0.15, 0.2) is 48.5 Å². The third-order valence-electron chi connectivity index (χ3n) is 6.68. The van der Waals surface area contributed by atoms with E-state index >= 15 is 0 Å². The number of carbonyl (C=O) groups excluding carboxylic acids is 2. The molecule has 30 heavy (non-hydrogen) atoms. The Hall–Kier alpha value is -2.46. The number of benzene rings is 2. The van der Waals surface area contributed by atoms with E-state index in [1.807, 2.05) is 13.0 Å². The minimum absolute atomic E-state index is 0.0400. The van der Waals surface area contributed by atoms with Gasteiger partial charge in [-0.15, -0.1) is 0 Å². The molecule has 4 heteroatoms. The lowest BCUT2D eigenvalue weighted by molar-refractivity contribution is -0.129. The predicted molar refractivity (Wildman–Crippen MR) is 119 cm³/mol. The summed E-state index contributed by atoms with van der Waals surface area (Å²) in [4.78, 5) is 25.3. The molecule has 1 saturated carbocycles. The molecule has 1 aliphatic heterocycles. The Morgan fingerprint density at radius 2 is 1.83 bits per heavy atom. The molecule has 158 valence electrons. The molecule has 1 fully saturated rings. The van der Waals surface area contributed by atoms with Crippen LogP contribution >= 0.6 is 0 Å². The second kappa shape index (κ2) is 9.57. The molecule has 2 N–H and O–H groups in total. The maximum Gasteiger partial charge on any atom is 0.223 e. The van der Waals surface area contributed by atoms with Gasteiger partial charge in [-0.1, -0.05) is 48.5 Å². The molecular formula is C26H32N2O2. The fraction of sp³-hybridized carbons (Fsp3) is 0.462. The number of fused-ring (bicyclic) bond motifs is 1. The van der Waals surface area contributed by atoms with Crippen LogP contribution in [0.3, 0.4) is 0 Å². The van der Waals surface area contributed by atoms with Gasteiger partial charge in [-0.2, -0.15) is 0 Å². The van der Waals surface area contributed by atoms with E-state index in [1.165, 1.54) is 22.3 Å². The zero-order valence-electron chi connectivity index (χ0n) is 17.8. The summed E-state index contributed by atoms with van der Waals surface area (Å²) in [5.41, 5.74) is 5.23. The Labute approximate surface area is 179 Å². The molecule has 2 aliphatic rings. The topological polar surface area (TPSA) is 58.2 Å². The molecule has 2 aromatic rings. The van der Waals surface area contributed by atoms with E-state index in [1.54, 1.807) is 0 Å². The van der Waals surface area contributed by atoms with Crippen molar-refractivity contribution in [2.75, 3.05) is 0 Å². The number of carbonyl (C=O) groups is 2. The van der Waals surface area contributed by atoms with Gasteiger partial charge in [0, 0.05) is 25.4 Å². The van der Waals surface area contributed by atoms with E-state index in [9.17, 15) is 9.59 Å². The monoisotopic (exact) mass is 404 g/mol. The number of amides is 1. The molecular weight excluding hydrogens is 372 g/mol. The van der Waals surface area contributed by atoms with Crippen molar-refractivity contribution in [1.82, 2.24) is 10.6 Å². The lowest BCUT2D eigenvalue weighted by Gasteiger charge is -2.17. The van der Waals surface area contributed by atoms with Crippen LogP contribution < -0.4 is 10.6 Å². The van der Waals surface area contributed by atoms with E-state index in [-0.39, 0.29) is 17.6 Å². The smallest absolute Gasteiger partial charge is 0.223 e. The van der Waals surface area contributed by atoms with Gasteiger partial charge in [0.25, 0.3) is 0 Å². The Morgan fingerprint density at radius 1 is 1.03 bits per heavy atom. The van der Waals surface area contributed by atoms with Crippen molar-refractivity contribution in [2.45, 2.75) is 64.6 Å². The van der Waals surface area contributed by atoms with Crippen LogP contribution in [0.5, 0.6) is 0 Å². The molecule has 0 saturated heterocycles. The molecule has 0 bridgehead atoms. The molecule has 1 amide bonds. The van der Waals surface area contributed by atoms with Crippen molar-refractivity contribution < 1.29 is 9.59 Å². The highest BCUT2D eigenvalue weighted by Crippen LogP contribution is 2.33. The Balaban J connectivity index is 1.21. The molecule has 0 unspecified atom stereocenters. The number of ketones is 1. The largest absolute Gasteiger partial charge is 0.346 e. The Kier molecular flexibility index (Phi) is 6.63. The molecule has 3 atom stereocenters. The van der Waals surface area contributed by atoms with E-state index in [2.05, 4.69) is 53.1 Å². The van der Waals surface area contributed by atoms with Crippen LogP contribution in [0, 0.1) is 11.8 Å². The van der Waals surface area contributed by atoms with Gasteiger partial charge in [0.2, 0.25) is 5.91 Å². The summed E-state index contributed by atoms with van der Waals surface area (Å²) in [5.74, 6) is 0.762. The number of rotatable bonds is 8. The van der Waals surface area contributed by atoms with Gasteiger partial charge in [0.05, 0.1) is 6.04 Å². The summed E-state index contributed by atoms with van der Waals surface area (Å²) in [6.07, 6.45) is 5.17. The fourth-order valence-corrected chi connectivity index (χ4v) is 4.85. The van der Waals surface area contributed by atoms with Crippen molar-refractivity contribution in [3.63, 3.8) is 0 Å². The normalized spacial score (nSPS) is 21.2. The van der Waals surface area contributed by atoms with Crippen LogP contribution in [0.4, 0.5) is 0 Å². The van der Waals surface area contributed by atoms with Gasteiger partial charge in [-0.25, -0.2) is 0 Å². The Morgan fingerprint density at radius 3 is 2.67 bits per heavy atom. The molecule has 0 aromatic heterocycles. The lowest BCUT2D eigenvalue weighted by atomic mass is 9.96. The van der Waals surface area contributed by atoms with Crippen LogP contribution in [0.25, 0.3) is 0 Å². The van der Waals surface area contributed by atoms with Crippen molar-refractivity contribution in [1.29, 1.82) is 0 Å². The SMILES string of the molecule is C[C@H](NC(=O)[C@@H]1CC[C@@H](Cc2ccccc2)C1)C(=O)CCc1ccc2c(c1)CNC2. The number of aryl methyl sites for hydroxylation is 1. The highest BCUT2D eigenvalue weighted by atomic mass is 16.2. The standard InChI is InChI=1S/C26H32N2O2/c1-18(25(29)12-9-20-7-11-23-16-27-17-24(23)14-20)28-26(30)22-10-8-21(15-22)13-19-5-3-2-4-6-19/h2-7,11,14,18,21-22,27H,8-10,12-13,15-17H2,1H3,(H,28,30)/t18-,21-,22+/m0/s1. The summed E-state index contributed by atoms with van der Waals surface area (Å²) in [6.45, 7) is 3.67. The summed E-state index contributed by atoms with van der Waals surface area (Å²) in [7, 11) is 0. The van der Waals surface area contributed by atoms with E-state index < -0.39 is 6.04 Å². The maximum atomic E-state index is 12.7. The van der Waals surface area contributed by atoms with Crippen molar-refractivity contribution in [3.8, 4) is 0 Å². The number of hydrogen-bond donors (Lipinski definition) is 2. The zero-order valence-corrected chi connectivity index (χ0v) is 17.8. The molecule has 4 rings (SSSR count). The van der Waals surface area contributed by atoms with E-state index in [0.717, 1.165) is 45.2 Å². The lowest BCUT2D eigenvalue weighted by Crippen LogP contribution is -2.41. The van der Waals surface area contributed by atoms with E-state index in [4.69, 9.17) is 0 Å². The second-order valence-electron chi connectivity index (χ2n) is 8.97. The molecule has 2 aromatic carbocycles. The summed E-state index contributed by atoms with van der Waals surface area (Å²) in [5, 5.41) is 6.33. The number of hydrogen-bond acceptors (Lipinski definition) is 3. The second-order valence-corrected chi connectivity index (χ2v) is 8.97. The molecule has 4 nitrogen and oxygen atoms in total. The first-order valence-electron chi connectivity index (χ1n) is 11.3. The first kappa shape index (κ1) is 20.8. The van der Waals surface area contributed by atoms with Gasteiger partial charge < -0.3 is 10.6 Å². The van der Waals surface area contributed by atoms with Crippen LogP contribution in [0.1, 0.15) is 54.9 Å². The number of nitrogens with one attached hydrogen (secondary N) is 2. The molecule has 0 spiro atoms. The average molecular weight is 405 g/mol. The van der Waals surface area contributed by atoms with Gasteiger partial charge in [0.15, 0.2) is 5.78 Å². The van der Waals surface area contributed by atoms with Gasteiger partial charge >= 0.3 is 0 Å². The minimum Gasteiger partial charge on any atom is -0.346 e. The van der Waals surface area contributed by atoms with Crippen LogP contribution in [-0.2, 0) is 35.5 Å². The fourth-order valence-electron chi connectivity index (χ4n) is 4.85. The van der Waals surface area contributed by atoms with Crippen molar-refractivity contribution in [2.24, 2.45) is 11.8 Å². The first-order valence-corrected chi connectivity index (χ1v) is 11.3. The van der Waals surface area contributed by atoms with Crippen LogP contribution in [-0.4, -0.2) is 17.7 Å². The summed E-state index contributed by atoms with van der Waals surface area (Å²) >= 11 is 0. The summed E-state index contributed by atoms with van der Waals surface area (Å²) in [6, 6.07) is 16.6. The molecule has 0 radical (unpaired) electrons. The van der Waals surface area contributed by atoms with Crippen molar-refractivity contribution in [3.05, 3.63) is 70.8 Å². The maximum absolute atomic E-state index is 12.7. The summed E-state index contributed by atoms with van der Waals surface area (Å²) < 4.78 is 0. The quantitative estimate of drug-likeness (QED) is 0.700. The van der Waals surface area contributed by atoms with Crippen LogP contribution in [0.2, 0.25) is 0 Å². The van der Waals surface area contributed by atoms with E-state index in [0.29, 0.717) is 12.3 Å². The highest BCUT2D eigenvalue weighted by molar-refractivity contribution is 5.89. The third-order valence-corrected chi connectivity index (χ3v) is 6.68.